The number of nitrogens with one attached hydrogen (secondary N) is 1. The molecule has 19 heavy (non-hydrogen) atoms. The SMILES string of the molecule is CSc1ccccc1NC(=O)OCc1ccccn1. The third kappa shape index (κ3) is 3.99. The normalized spacial score (nSPS) is 9.95. The third-order valence-corrected chi connectivity index (χ3v) is 3.22. The third-order valence-electron chi connectivity index (χ3n) is 2.42. The summed E-state index contributed by atoms with van der Waals surface area (Å²) in [6.07, 6.45) is 3.14. The number of anilines is 1. The van der Waals surface area contributed by atoms with Crippen LogP contribution in [-0.4, -0.2) is 17.3 Å². The summed E-state index contributed by atoms with van der Waals surface area (Å²) in [5.41, 5.74) is 1.47. The van der Waals surface area contributed by atoms with Crippen molar-refractivity contribution in [2.75, 3.05) is 11.6 Å². The maximum Gasteiger partial charge on any atom is 0.412 e. The Hall–Kier alpha value is -2.01. The highest BCUT2D eigenvalue weighted by atomic mass is 32.2. The van der Waals surface area contributed by atoms with Gasteiger partial charge in [0, 0.05) is 11.1 Å². The fraction of sp³-hybridized carbons (Fsp3) is 0.143. The molecule has 0 aliphatic carbocycles. The molecule has 1 heterocycles. The van der Waals surface area contributed by atoms with Crippen LogP contribution in [0.3, 0.4) is 0 Å². The Balaban J connectivity index is 1.91. The highest BCUT2D eigenvalue weighted by Crippen LogP contribution is 2.24. The second-order valence-corrected chi connectivity index (χ2v) is 4.57. The minimum absolute atomic E-state index is 0.161. The Kier molecular flexibility index (Phi) is 4.80. The summed E-state index contributed by atoms with van der Waals surface area (Å²) >= 11 is 1.57. The monoisotopic (exact) mass is 274 g/mol. The molecule has 5 heteroatoms. The van der Waals surface area contributed by atoms with Gasteiger partial charge in [0.2, 0.25) is 0 Å². The van der Waals surface area contributed by atoms with E-state index >= 15 is 0 Å². The molecular weight excluding hydrogens is 260 g/mol. The summed E-state index contributed by atoms with van der Waals surface area (Å²) in [5, 5.41) is 2.72. The van der Waals surface area contributed by atoms with Gasteiger partial charge in [-0.05, 0) is 30.5 Å². The van der Waals surface area contributed by atoms with E-state index in [1.54, 1.807) is 18.0 Å². The van der Waals surface area contributed by atoms with Crippen LogP contribution in [0.1, 0.15) is 5.69 Å². The Morgan fingerprint density at radius 1 is 1.26 bits per heavy atom. The van der Waals surface area contributed by atoms with Crippen molar-refractivity contribution in [1.29, 1.82) is 0 Å². The molecule has 2 aromatic rings. The molecule has 0 bridgehead atoms. The van der Waals surface area contributed by atoms with Crippen LogP contribution in [-0.2, 0) is 11.3 Å². The molecule has 98 valence electrons. The Labute approximate surface area is 116 Å². The Morgan fingerprint density at radius 2 is 2.05 bits per heavy atom. The van der Waals surface area contributed by atoms with Gasteiger partial charge in [-0.1, -0.05) is 18.2 Å². The molecule has 0 spiro atoms. The minimum atomic E-state index is -0.479. The summed E-state index contributed by atoms with van der Waals surface area (Å²) in [7, 11) is 0. The van der Waals surface area contributed by atoms with Crippen molar-refractivity contribution < 1.29 is 9.53 Å². The maximum atomic E-state index is 11.7. The minimum Gasteiger partial charge on any atom is -0.443 e. The Bertz CT molecular complexity index is 546. The van der Waals surface area contributed by atoms with Crippen molar-refractivity contribution in [1.82, 2.24) is 4.98 Å². The molecule has 1 aromatic heterocycles. The molecule has 1 N–H and O–H groups in total. The highest BCUT2D eigenvalue weighted by Gasteiger charge is 2.07. The lowest BCUT2D eigenvalue weighted by Crippen LogP contribution is -2.14. The second-order valence-electron chi connectivity index (χ2n) is 3.72. The zero-order valence-electron chi connectivity index (χ0n) is 10.5. The molecule has 0 atom stereocenters. The molecule has 0 saturated heterocycles. The fourth-order valence-electron chi connectivity index (χ4n) is 1.52. The average Bonchev–Trinajstić information content (AvgIpc) is 2.47. The van der Waals surface area contributed by atoms with Gasteiger partial charge in [0.1, 0.15) is 6.61 Å². The van der Waals surface area contributed by atoms with Crippen LogP contribution in [0.2, 0.25) is 0 Å². The molecule has 4 nitrogen and oxygen atoms in total. The number of carbonyl (C=O) groups excluding carboxylic acids is 1. The first-order chi connectivity index (χ1) is 9.29. The number of hydrogen-bond donors (Lipinski definition) is 1. The van der Waals surface area contributed by atoms with Gasteiger partial charge in [0.05, 0.1) is 11.4 Å². The average molecular weight is 274 g/mol. The van der Waals surface area contributed by atoms with E-state index in [0.29, 0.717) is 0 Å². The Morgan fingerprint density at radius 3 is 2.79 bits per heavy atom. The van der Waals surface area contributed by atoms with Crippen molar-refractivity contribution >= 4 is 23.5 Å². The number of nitrogens with zero attached hydrogens (tertiary/aromatic N) is 1. The van der Waals surface area contributed by atoms with Gasteiger partial charge >= 0.3 is 6.09 Å². The number of carbonyl (C=O) groups is 1. The van der Waals surface area contributed by atoms with Crippen molar-refractivity contribution in [3.8, 4) is 0 Å². The quantitative estimate of drug-likeness (QED) is 0.866. The molecule has 1 aromatic carbocycles. The predicted octanol–water partition coefficient (Wildman–Crippen LogP) is 3.55. The number of pyridine rings is 1. The van der Waals surface area contributed by atoms with Gasteiger partial charge < -0.3 is 4.74 Å². The molecule has 0 fully saturated rings. The zero-order valence-corrected chi connectivity index (χ0v) is 11.3. The predicted molar refractivity (Wildman–Crippen MR) is 76.3 cm³/mol. The van der Waals surface area contributed by atoms with Crippen LogP contribution in [0.25, 0.3) is 0 Å². The van der Waals surface area contributed by atoms with Crippen LogP contribution < -0.4 is 5.32 Å². The first-order valence-corrected chi connectivity index (χ1v) is 6.99. The topological polar surface area (TPSA) is 51.2 Å². The molecule has 0 aliphatic rings. The molecule has 0 unspecified atom stereocenters. The van der Waals surface area contributed by atoms with Gasteiger partial charge in [0.15, 0.2) is 0 Å². The lowest BCUT2D eigenvalue weighted by molar-refractivity contribution is 0.153. The van der Waals surface area contributed by atoms with E-state index in [4.69, 9.17) is 4.74 Å². The number of para-hydroxylation sites is 1. The molecular formula is C14H14N2O2S. The summed E-state index contributed by atoms with van der Waals surface area (Å²) in [4.78, 5) is 16.8. The molecule has 2 rings (SSSR count). The summed E-state index contributed by atoms with van der Waals surface area (Å²) in [6, 6.07) is 13.1. The van der Waals surface area contributed by atoms with Gasteiger partial charge in [-0.15, -0.1) is 11.8 Å². The molecule has 0 aliphatic heterocycles. The van der Waals surface area contributed by atoms with Crippen molar-refractivity contribution in [2.24, 2.45) is 0 Å². The lowest BCUT2D eigenvalue weighted by atomic mass is 10.3. The standard InChI is InChI=1S/C14H14N2O2S/c1-19-13-8-3-2-7-12(13)16-14(17)18-10-11-6-4-5-9-15-11/h2-9H,10H2,1H3,(H,16,17). The summed E-state index contributed by atoms with van der Waals surface area (Å²) in [6.45, 7) is 0.161. The maximum absolute atomic E-state index is 11.7. The zero-order chi connectivity index (χ0) is 13.5. The largest absolute Gasteiger partial charge is 0.443 e. The van der Waals surface area contributed by atoms with Crippen LogP contribution >= 0.6 is 11.8 Å². The van der Waals surface area contributed by atoms with E-state index in [-0.39, 0.29) is 6.61 Å². The fourth-order valence-corrected chi connectivity index (χ4v) is 2.07. The molecule has 0 saturated carbocycles. The van der Waals surface area contributed by atoms with Gasteiger partial charge in [-0.3, -0.25) is 10.3 Å². The van der Waals surface area contributed by atoms with E-state index < -0.39 is 6.09 Å². The lowest BCUT2D eigenvalue weighted by Gasteiger charge is -2.09. The van der Waals surface area contributed by atoms with E-state index in [9.17, 15) is 4.79 Å². The van der Waals surface area contributed by atoms with E-state index in [2.05, 4.69) is 10.3 Å². The molecule has 1 amide bonds. The smallest absolute Gasteiger partial charge is 0.412 e. The van der Waals surface area contributed by atoms with Crippen molar-refractivity contribution in [3.05, 3.63) is 54.4 Å². The number of benzene rings is 1. The van der Waals surface area contributed by atoms with E-state index in [1.165, 1.54) is 0 Å². The van der Waals surface area contributed by atoms with E-state index in [1.807, 2.05) is 48.7 Å². The van der Waals surface area contributed by atoms with Crippen molar-refractivity contribution in [3.63, 3.8) is 0 Å². The van der Waals surface area contributed by atoms with Crippen molar-refractivity contribution in [2.45, 2.75) is 11.5 Å². The van der Waals surface area contributed by atoms with Gasteiger partial charge in [0.25, 0.3) is 0 Å². The van der Waals surface area contributed by atoms with Gasteiger partial charge in [-0.2, -0.15) is 0 Å². The second kappa shape index (κ2) is 6.80. The first kappa shape index (κ1) is 13.4. The van der Waals surface area contributed by atoms with Gasteiger partial charge in [-0.25, -0.2) is 4.79 Å². The van der Waals surface area contributed by atoms with Crippen LogP contribution in [0.5, 0.6) is 0 Å². The summed E-state index contributed by atoms with van der Waals surface area (Å²) in [5.74, 6) is 0. The summed E-state index contributed by atoms with van der Waals surface area (Å²) < 4.78 is 5.11. The van der Waals surface area contributed by atoms with Crippen LogP contribution in [0, 0.1) is 0 Å². The number of amides is 1. The van der Waals surface area contributed by atoms with Crippen LogP contribution in [0.4, 0.5) is 10.5 Å². The number of rotatable bonds is 4. The molecule has 0 radical (unpaired) electrons. The number of thioether (sulfide) groups is 1. The van der Waals surface area contributed by atoms with E-state index in [0.717, 1.165) is 16.3 Å². The number of hydrogen-bond acceptors (Lipinski definition) is 4. The number of ether oxygens (including phenoxy) is 1. The van der Waals surface area contributed by atoms with Crippen LogP contribution in [0.15, 0.2) is 53.6 Å². The number of aromatic nitrogens is 1. The first-order valence-electron chi connectivity index (χ1n) is 5.76. The highest BCUT2D eigenvalue weighted by molar-refractivity contribution is 7.98.